The van der Waals surface area contributed by atoms with Gasteiger partial charge in [0.1, 0.15) is 17.4 Å². The Bertz CT molecular complexity index is 668. The van der Waals surface area contributed by atoms with Crippen LogP contribution in [0.4, 0.5) is 5.82 Å². The summed E-state index contributed by atoms with van der Waals surface area (Å²) in [5.74, 6) is 7.53. The van der Waals surface area contributed by atoms with Crippen LogP contribution in [0, 0.1) is 0 Å². The number of hydrogen-bond acceptors (Lipinski definition) is 6. The molecule has 1 aromatic carbocycles. The van der Waals surface area contributed by atoms with Gasteiger partial charge < -0.3 is 15.9 Å². The molecule has 3 rings (SSSR count). The molecule has 0 aliphatic heterocycles. The fourth-order valence-electron chi connectivity index (χ4n) is 1.90. The van der Waals surface area contributed by atoms with Gasteiger partial charge in [0.05, 0.1) is 0 Å². The van der Waals surface area contributed by atoms with Crippen LogP contribution in [-0.4, -0.2) is 15.9 Å². The Morgan fingerprint density at radius 3 is 2.52 bits per heavy atom. The number of nitrogen functional groups attached to an aromatic ring is 1. The molecule has 7 heteroatoms. The largest absolute Gasteiger partial charge is 0.439 e. The van der Waals surface area contributed by atoms with E-state index in [1.54, 1.807) is 30.3 Å². The summed E-state index contributed by atoms with van der Waals surface area (Å²) in [6.07, 6.45) is 2.17. The third-order valence-electron chi connectivity index (χ3n) is 3.17. The molecule has 0 bridgehead atoms. The third kappa shape index (κ3) is 3.09. The van der Waals surface area contributed by atoms with Crippen molar-refractivity contribution in [2.45, 2.75) is 18.8 Å². The monoisotopic (exact) mass is 285 g/mol. The number of hydrazine groups is 1. The fraction of sp³-hybridized carbons (Fsp3) is 0.214. The van der Waals surface area contributed by atoms with E-state index in [9.17, 15) is 4.79 Å². The maximum atomic E-state index is 11.0. The summed E-state index contributed by atoms with van der Waals surface area (Å²) in [6, 6.07) is 8.14. The second-order valence-corrected chi connectivity index (χ2v) is 4.86. The highest BCUT2D eigenvalue weighted by molar-refractivity contribution is 5.92. The van der Waals surface area contributed by atoms with Gasteiger partial charge in [-0.3, -0.25) is 4.79 Å². The van der Waals surface area contributed by atoms with E-state index in [1.165, 1.54) is 0 Å². The molecule has 7 nitrogen and oxygen atoms in total. The minimum absolute atomic E-state index is 0.387. The molecule has 0 unspecified atom stereocenters. The molecule has 2 aromatic rings. The Labute approximate surface area is 121 Å². The Morgan fingerprint density at radius 1 is 1.24 bits per heavy atom. The van der Waals surface area contributed by atoms with Gasteiger partial charge in [-0.2, -0.15) is 4.98 Å². The summed E-state index contributed by atoms with van der Waals surface area (Å²) in [4.78, 5) is 19.7. The van der Waals surface area contributed by atoms with Gasteiger partial charge in [-0.25, -0.2) is 10.8 Å². The number of benzene rings is 1. The lowest BCUT2D eigenvalue weighted by molar-refractivity contribution is 0.100. The Hall–Kier alpha value is -2.67. The quantitative estimate of drug-likeness (QED) is 0.566. The van der Waals surface area contributed by atoms with Crippen molar-refractivity contribution in [1.29, 1.82) is 0 Å². The maximum absolute atomic E-state index is 11.0. The molecule has 108 valence electrons. The summed E-state index contributed by atoms with van der Waals surface area (Å²) in [7, 11) is 0. The van der Waals surface area contributed by atoms with Crippen molar-refractivity contribution >= 4 is 11.7 Å². The number of aromatic nitrogens is 2. The predicted molar refractivity (Wildman–Crippen MR) is 76.9 cm³/mol. The molecule has 21 heavy (non-hydrogen) atoms. The molecule has 1 saturated carbocycles. The summed E-state index contributed by atoms with van der Waals surface area (Å²) >= 11 is 0. The van der Waals surface area contributed by atoms with Gasteiger partial charge in [-0.1, -0.05) is 0 Å². The lowest BCUT2D eigenvalue weighted by atomic mass is 10.2. The molecule has 1 fully saturated rings. The van der Waals surface area contributed by atoms with E-state index in [4.69, 9.17) is 16.3 Å². The number of anilines is 1. The highest BCUT2D eigenvalue weighted by Gasteiger charge is 2.27. The van der Waals surface area contributed by atoms with Gasteiger partial charge in [-0.15, -0.1) is 0 Å². The summed E-state index contributed by atoms with van der Waals surface area (Å²) in [5, 5.41) is 0. The number of nitrogens with zero attached hydrogens (tertiary/aromatic N) is 2. The van der Waals surface area contributed by atoms with Gasteiger partial charge in [-0.05, 0) is 37.1 Å². The lowest BCUT2D eigenvalue weighted by Gasteiger charge is -2.08. The molecule has 1 aliphatic carbocycles. The molecule has 0 spiro atoms. The zero-order chi connectivity index (χ0) is 14.8. The number of carbonyl (C=O) groups excluding carboxylic acids is 1. The normalized spacial score (nSPS) is 13.8. The molecule has 1 heterocycles. The first-order valence-corrected chi connectivity index (χ1v) is 6.59. The average molecular weight is 285 g/mol. The van der Waals surface area contributed by atoms with E-state index in [0.717, 1.165) is 18.7 Å². The number of nitrogens with one attached hydrogen (secondary N) is 1. The van der Waals surface area contributed by atoms with E-state index in [2.05, 4.69) is 15.4 Å². The lowest BCUT2D eigenvalue weighted by Crippen LogP contribution is -2.11. The van der Waals surface area contributed by atoms with Gasteiger partial charge in [0.25, 0.3) is 0 Å². The molecule has 1 aromatic heterocycles. The van der Waals surface area contributed by atoms with Crippen LogP contribution in [0.2, 0.25) is 0 Å². The fourth-order valence-corrected chi connectivity index (χ4v) is 1.90. The van der Waals surface area contributed by atoms with E-state index in [1.807, 2.05) is 0 Å². The third-order valence-corrected chi connectivity index (χ3v) is 3.17. The Morgan fingerprint density at radius 2 is 1.95 bits per heavy atom. The first kappa shape index (κ1) is 13.3. The molecule has 1 aliphatic rings. The Kier molecular flexibility index (Phi) is 3.41. The van der Waals surface area contributed by atoms with Crippen molar-refractivity contribution in [3.63, 3.8) is 0 Å². The highest BCUT2D eigenvalue weighted by atomic mass is 16.5. The summed E-state index contributed by atoms with van der Waals surface area (Å²) < 4.78 is 5.68. The standard InChI is InChI=1S/C14H15N5O2/c15-13(20)8-3-5-10(6-4-8)21-12-7-11(19-16)17-14(18-12)9-1-2-9/h3-7,9H,1-2,16H2,(H2,15,20)(H,17,18,19). The van der Waals surface area contributed by atoms with Crippen molar-refractivity contribution in [2.75, 3.05) is 5.43 Å². The molecule has 0 saturated heterocycles. The van der Waals surface area contributed by atoms with Gasteiger partial charge in [0.15, 0.2) is 0 Å². The van der Waals surface area contributed by atoms with Crippen LogP contribution in [0.15, 0.2) is 30.3 Å². The number of nitrogens with two attached hydrogens (primary N) is 2. The van der Waals surface area contributed by atoms with Crippen molar-refractivity contribution in [2.24, 2.45) is 11.6 Å². The molecule has 0 atom stereocenters. The molecule has 0 radical (unpaired) electrons. The van der Waals surface area contributed by atoms with Crippen LogP contribution in [0.3, 0.4) is 0 Å². The first-order valence-electron chi connectivity index (χ1n) is 6.59. The molecular weight excluding hydrogens is 270 g/mol. The SMILES string of the molecule is NNc1cc(Oc2ccc(C(N)=O)cc2)nc(C2CC2)n1. The van der Waals surface area contributed by atoms with E-state index in [0.29, 0.717) is 28.9 Å². The molecular formula is C14H15N5O2. The van der Waals surface area contributed by atoms with Crippen LogP contribution < -0.4 is 21.7 Å². The minimum Gasteiger partial charge on any atom is -0.439 e. The number of amides is 1. The number of rotatable bonds is 5. The van der Waals surface area contributed by atoms with Crippen molar-refractivity contribution in [3.8, 4) is 11.6 Å². The van der Waals surface area contributed by atoms with Crippen LogP contribution in [-0.2, 0) is 0 Å². The van der Waals surface area contributed by atoms with Gasteiger partial charge in [0.2, 0.25) is 11.8 Å². The second kappa shape index (κ2) is 5.37. The summed E-state index contributed by atoms with van der Waals surface area (Å²) in [5.41, 5.74) is 8.12. The van der Waals surface area contributed by atoms with Crippen LogP contribution in [0.5, 0.6) is 11.6 Å². The zero-order valence-electron chi connectivity index (χ0n) is 11.2. The Balaban J connectivity index is 1.83. The second-order valence-electron chi connectivity index (χ2n) is 4.86. The van der Waals surface area contributed by atoms with Gasteiger partial charge in [0, 0.05) is 17.5 Å². The topological polar surface area (TPSA) is 116 Å². The number of hydrogen-bond donors (Lipinski definition) is 3. The van der Waals surface area contributed by atoms with E-state index < -0.39 is 5.91 Å². The maximum Gasteiger partial charge on any atom is 0.248 e. The average Bonchev–Trinajstić information content (AvgIpc) is 3.32. The number of primary amides is 1. The molecule has 5 N–H and O–H groups in total. The van der Waals surface area contributed by atoms with E-state index >= 15 is 0 Å². The summed E-state index contributed by atoms with van der Waals surface area (Å²) in [6.45, 7) is 0. The highest BCUT2D eigenvalue weighted by Crippen LogP contribution is 2.39. The first-order chi connectivity index (χ1) is 10.2. The van der Waals surface area contributed by atoms with Crippen molar-refractivity contribution in [1.82, 2.24) is 9.97 Å². The minimum atomic E-state index is -0.478. The zero-order valence-corrected chi connectivity index (χ0v) is 11.2. The number of ether oxygens (including phenoxy) is 1. The smallest absolute Gasteiger partial charge is 0.248 e. The number of carbonyl (C=O) groups is 1. The van der Waals surface area contributed by atoms with Crippen molar-refractivity contribution in [3.05, 3.63) is 41.7 Å². The van der Waals surface area contributed by atoms with Crippen LogP contribution in [0.25, 0.3) is 0 Å². The predicted octanol–water partition coefficient (Wildman–Crippen LogP) is 1.53. The van der Waals surface area contributed by atoms with Crippen molar-refractivity contribution < 1.29 is 9.53 Å². The van der Waals surface area contributed by atoms with E-state index in [-0.39, 0.29) is 0 Å². The molecule has 1 amide bonds. The van der Waals surface area contributed by atoms with Crippen LogP contribution >= 0.6 is 0 Å². The van der Waals surface area contributed by atoms with Gasteiger partial charge >= 0.3 is 0 Å². The van der Waals surface area contributed by atoms with Crippen LogP contribution in [0.1, 0.15) is 34.9 Å².